The average molecular weight is 112 g/mol. The van der Waals surface area contributed by atoms with E-state index in [1.165, 1.54) is 5.57 Å². The van der Waals surface area contributed by atoms with E-state index in [1.807, 2.05) is 0 Å². The van der Waals surface area contributed by atoms with Crippen molar-refractivity contribution in [2.24, 2.45) is 0 Å². The molecule has 0 saturated carbocycles. The van der Waals surface area contributed by atoms with Crippen molar-refractivity contribution >= 4 is 12.6 Å². The van der Waals surface area contributed by atoms with Crippen molar-refractivity contribution in [2.75, 3.05) is 5.75 Å². The summed E-state index contributed by atoms with van der Waals surface area (Å²) in [4.78, 5) is 0. The van der Waals surface area contributed by atoms with Crippen LogP contribution in [-0.4, -0.2) is 5.75 Å². The first-order chi connectivity index (χ1) is 3.43. The van der Waals surface area contributed by atoms with E-state index in [2.05, 4.69) is 30.9 Å². The molecule has 1 aliphatic carbocycles. The Morgan fingerprint density at radius 3 is 2.86 bits per heavy atom. The van der Waals surface area contributed by atoms with Crippen LogP contribution >= 0.6 is 12.6 Å². The zero-order chi connectivity index (χ0) is 5.11. The molecular weight excluding hydrogens is 104 g/mol. The maximum Gasteiger partial charge on any atom is 0.0119 e. The average Bonchev–Trinajstić information content (AvgIpc) is 2.14. The molecule has 0 aromatic heterocycles. The van der Waals surface area contributed by atoms with Crippen molar-refractivity contribution in [2.45, 2.75) is 6.42 Å². The van der Waals surface area contributed by atoms with Crippen LogP contribution in [0.25, 0.3) is 0 Å². The molecule has 0 heterocycles. The van der Waals surface area contributed by atoms with Gasteiger partial charge in [0, 0.05) is 5.75 Å². The summed E-state index contributed by atoms with van der Waals surface area (Å²) < 4.78 is 0. The smallest absolute Gasteiger partial charge is 0.0119 e. The minimum absolute atomic E-state index is 0.910. The van der Waals surface area contributed by atoms with Gasteiger partial charge in [-0.15, -0.1) is 0 Å². The van der Waals surface area contributed by atoms with Gasteiger partial charge in [-0.2, -0.15) is 12.6 Å². The predicted octanol–water partition coefficient (Wildman–Crippen LogP) is 1.80. The molecule has 0 amide bonds. The highest BCUT2D eigenvalue weighted by atomic mass is 32.1. The molecule has 0 atom stereocenters. The molecule has 0 fully saturated rings. The Bertz CT molecular complexity index is 111. The van der Waals surface area contributed by atoms with Crippen molar-refractivity contribution < 1.29 is 0 Å². The van der Waals surface area contributed by atoms with Gasteiger partial charge >= 0.3 is 0 Å². The molecule has 7 heavy (non-hydrogen) atoms. The van der Waals surface area contributed by atoms with E-state index in [4.69, 9.17) is 0 Å². The Morgan fingerprint density at radius 1 is 1.71 bits per heavy atom. The zero-order valence-corrected chi connectivity index (χ0v) is 4.99. The lowest BCUT2D eigenvalue weighted by atomic mass is 10.3. The van der Waals surface area contributed by atoms with Gasteiger partial charge in [-0.05, 0) is 6.42 Å². The van der Waals surface area contributed by atoms with Gasteiger partial charge in [-0.3, -0.25) is 0 Å². The molecule has 0 aromatic carbocycles. The first-order valence-corrected chi connectivity index (χ1v) is 3.02. The second kappa shape index (κ2) is 2.22. The molecule has 0 radical (unpaired) electrons. The fraction of sp³-hybridized carbons (Fsp3) is 0.333. The van der Waals surface area contributed by atoms with Crippen LogP contribution < -0.4 is 0 Å². The summed E-state index contributed by atoms with van der Waals surface area (Å²) >= 11 is 4.11. The maximum absolute atomic E-state index is 4.11. The molecule has 0 aromatic rings. The van der Waals surface area contributed by atoms with Crippen LogP contribution in [0.4, 0.5) is 0 Å². The molecule has 0 unspecified atom stereocenters. The monoisotopic (exact) mass is 112 g/mol. The fourth-order valence-corrected chi connectivity index (χ4v) is 0.843. The van der Waals surface area contributed by atoms with Gasteiger partial charge in [0.2, 0.25) is 0 Å². The highest BCUT2D eigenvalue weighted by Crippen LogP contribution is 2.10. The summed E-state index contributed by atoms with van der Waals surface area (Å²) in [5.74, 6) is 0.910. The van der Waals surface area contributed by atoms with Crippen molar-refractivity contribution in [1.82, 2.24) is 0 Å². The van der Waals surface area contributed by atoms with E-state index in [0.29, 0.717) is 0 Å². The van der Waals surface area contributed by atoms with Gasteiger partial charge in [-0.25, -0.2) is 0 Å². The van der Waals surface area contributed by atoms with Crippen LogP contribution in [0.2, 0.25) is 0 Å². The maximum atomic E-state index is 4.11. The summed E-state index contributed by atoms with van der Waals surface area (Å²) in [5, 5.41) is 0. The van der Waals surface area contributed by atoms with Gasteiger partial charge in [0.05, 0.1) is 0 Å². The lowest BCUT2D eigenvalue weighted by Crippen LogP contribution is -1.74. The third kappa shape index (κ3) is 1.10. The topological polar surface area (TPSA) is 0 Å². The number of hydrogen-bond acceptors (Lipinski definition) is 1. The molecule has 0 bridgehead atoms. The van der Waals surface area contributed by atoms with Crippen LogP contribution in [0, 0.1) is 0 Å². The van der Waals surface area contributed by atoms with Crippen LogP contribution in [0.5, 0.6) is 0 Å². The van der Waals surface area contributed by atoms with Crippen LogP contribution in [0.15, 0.2) is 23.8 Å². The molecule has 0 nitrogen and oxygen atoms in total. The fourth-order valence-electron chi connectivity index (χ4n) is 0.609. The SMILES string of the molecule is SCC1=CC=CC1. The summed E-state index contributed by atoms with van der Waals surface area (Å²) in [5.41, 5.74) is 1.42. The number of rotatable bonds is 1. The molecule has 0 saturated heterocycles. The van der Waals surface area contributed by atoms with Crippen LogP contribution in [0.3, 0.4) is 0 Å². The summed E-state index contributed by atoms with van der Waals surface area (Å²) in [6.07, 6.45) is 7.45. The molecular formula is C6H8S. The number of thiol groups is 1. The minimum atomic E-state index is 0.910. The Labute approximate surface area is 49.3 Å². The number of hydrogen-bond donors (Lipinski definition) is 1. The summed E-state index contributed by atoms with van der Waals surface area (Å²) in [6.45, 7) is 0. The first-order valence-electron chi connectivity index (χ1n) is 2.39. The van der Waals surface area contributed by atoms with Crippen LogP contribution in [-0.2, 0) is 0 Å². The molecule has 0 aliphatic heterocycles. The van der Waals surface area contributed by atoms with E-state index < -0.39 is 0 Å². The molecule has 0 N–H and O–H groups in total. The quantitative estimate of drug-likeness (QED) is 0.491. The van der Waals surface area contributed by atoms with E-state index in [-0.39, 0.29) is 0 Å². The van der Waals surface area contributed by atoms with Gasteiger partial charge in [0.25, 0.3) is 0 Å². The second-order valence-corrected chi connectivity index (χ2v) is 1.93. The van der Waals surface area contributed by atoms with Crippen molar-refractivity contribution in [1.29, 1.82) is 0 Å². The Kier molecular flexibility index (Phi) is 1.58. The van der Waals surface area contributed by atoms with Crippen molar-refractivity contribution in [3.63, 3.8) is 0 Å². The Morgan fingerprint density at radius 2 is 2.57 bits per heavy atom. The number of allylic oxidation sites excluding steroid dienone is 3. The molecule has 38 valence electrons. The Hall–Kier alpha value is -0.170. The summed E-state index contributed by atoms with van der Waals surface area (Å²) in [6, 6.07) is 0. The van der Waals surface area contributed by atoms with Crippen molar-refractivity contribution in [3.8, 4) is 0 Å². The third-order valence-electron chi connectivity index (χ3n) is 1.05. The van der Waals surface area contributed by atoms with E-state index in [1.54, 1.807) is 0 Å². The van der Waals surface area contributed by atoms with E-state index in [9.17, 15) is 0 Å². The normalized spacial score (nSPS) is 17.6. The van der Waals surface area contributed by atoms with Gasteiger partial charge in [0.15, 0.2) is 0 Å². The largest absolute Gasteiger partial charge is 0.175 e. The Balaban J connectivity index is 2.45. The van der Waals surface area contributed by atoms with E-state index in [0.717, 1.165) is 12.2 Å². The zero-order valence-electron chi connectivity index (χ0n) is 4.09. The molecule has 0 spiro atoms. The van der Waals surface area contributed by atoms with Gasteiger partial charge < -0.3 is 0 Å². The lowest BCUT2D eigenvalue weighted by Gasteiger charge is -1.88. The minimum Gasteiger partial charge on any atom is -0.175 e. The van der Waals surface area contributed by atoms with Gasteiger partial charge in [0.1, 0.15) is 0 Å². The lowest BCUT2D eigenvalue weighted by molar-refractivity contribution is 1.27. The van der Waals surface area contributed by atoms with Gasteiger partial charge in [-0.1, -0.05) is 23.8 Å². The van der Waals surface area contributed by atoms with E-state index >= 15 is 0 Å². The second-order valence-electron chi connectivity index (χ2n) is 1.62. The van der Waals surface area contributed by atoms with Crippen LogP contribution in [0.1, 0.15) is 6.42 Å². The third-order valence-corrected chi connectivity index (χ3v) is 1.46. The highest BCUT2D eigenvalue weighted by molar-refractivity contribution is 7.80. The molecule has 1 rings (SSSR count). The summed E-state index contributed by atoms with van der Waals surface area (Å²) in [7, 11) is 0. The predicted molar refractivity (Wildman–Crippen MR) is 35.7 cm³/mol. The molecule has 1 aliphatic rings. The first kappa shape index (κ1) is 4.98. The highest BCUT2D eigenvalue weighted by Gasteiger charge is 1.92. The standard InChI is InChI=1S/C6H8S/c7-5-6-3-1-2-4-6/h1-3,7H,4-5H2. The van der Waals surface area contributed by atoms with Crippen molar-refractivity contribution in [3.05, 3.63) is 23.8 Å². The molecule has 1 heteroatoms.